The van der Waals surface area contributed by atoms with Crippen molar-refractivity contribution in [2.45, 2.75) is 49.6 Å². The van der Waals surface area contributed by atoms with E-state index < -0.39 is 0 Å². The van der Waals surface area contributed by atoms with E-state index in [0.717, 1.165) is 61.0 Å². The molecule has 7 heteroatoms. The van der Waals surface area contributed by atoms with Crippen molar-refractivity contribution < 1.29 is 9.53 Å². The van der Waals surface area contributed by atoms with Crippen LogP contribution in [0.15, 0.2) is 52.2 Å². The summed E-state index contributed by atoms with van der Waals surface area (Å²) in [6.07, 6.45) is 8.40. The summed E-state index contributed by atoms with van der Waals surface area (Å²) in [6.45, 7) is 7.43. The predicted molar refractivity (Wildman–Crippen MR) is 119 cm³/mol. The van der Waals surface area contributed by atoms with Crippen molar-refractivity contribution in [3.63, 3.8) is 0 Å². The van der Waals surface area contributed by atoms with Crippen molar-refractivity contribution >= 4 is 29.2 Å². The molecule has 0 aliphatic carbocycles. The number of aromatic nitrogens is 2. The maximum Gasteiger partial charge on any atom is 0.330 e. The zero-order chi connectivity index (χ0) is 20.9. The number of hydrogen-bond acceptors (Lipinski definition) is 7. The second-order valence-corrected chi connectivity index (χ2v) is 8.96. The molecule has 1 saturated heterocycles. The van der Waals surface area contributed by atoms with Gasteiger partial charge >= 0.3 is 5.97 Å². The molecular formula is C23H28N4O2S. The van der Waals surface area contributed by atoms with Crippen LogP contribution in [0.25, 0.3) is 0 Å². The molecule has 0 unspecified atom stereocenters. The number of allylic oxidation sites excluding steroid dienone is 1. The van der Waals surface area contributed by atoms with Gasteiger partial charge in [-0.3, -0.25) is 4.90 Å². The Labute approximate surface area is 182 Å². The predicted octanol–water partition coefficient (Wildman–Crippen LogP) is 4.80. The van der Waals surface area contributed by atoms with E-state index in [1.54, 1.807) is 30.2 Å². The van der Waals surface area contributed by atoms with Crippen LogP contribution >= 0.6 is 11.8 Å². The average molecular weight is 425 g/mol. The third-order valence-corrected chi connectivity index (χ3v) is 6.61. The van der Waals surface area contributed by atoms with Crippen LogP contribution in [0.5, 0.6) is 0 Å². The van der Waals surface area contributed by atoms with Gasteiger partial charge < -0.3 is 10.1 Å². The number of piperidine rings is 1. The highest BCUT2D eigenvalue weighted by Gasteiger charge is 2.21. The van der Waals surface area contributed by atoms with Gasteiger partial charge in [-0.1, -0.05) is 23.4 Å². The topological polar surface area (TPSA) is 67.3 Å². The molecule has 1 N–H and O–H groups in total. The van der Waals surface area contributed by atoms with Crippen LogP contribution in [0, 0.1) is 5.92 Å². The molecule has 0 bridgehead atoms. The number of rotatable bonds is 6. The van der Waals surface area contributed by atoms with E-state index in [1.807, 2.05) is 13.8 Å². The number of carbonyl (C=O) groups is 1. The zero-order valence-corrected chi connectivity index (χ0v) is 18.4. The van der Waals surface area contributed by atoms with Crippen LogP contribution in [0.1, 0.15) is 38.7 Å². The fourth-order valence-electron chi connectivity index (χ4n) is 4.09. The fraction of sp³-hybridized carbons (Fsp3) is 0.435. The van der Waals surface area contributed by atoms with E-state index >= 15 is 0 Å². The van der Waals surface area contributed by atoms with Crippen molar-refractivity contribution in [3.8, 4) is 0 Å². The SMILES string of the molecule is CCOC(=O)C=C(C)CC1CCN(Cc2ccc3c(c2)Nc2nccnc2S3)CC1. The molecule has 0 spiro atoms. The van der Waals surface area contributed by atoms with Gasteiger partial charge in [0.1, 0.15) is 5.03 Å². The van der Waals surface area contributed by atoms with E-state index in [1.165, 1.54) is 10.5 Å². The molecule has 1 aromatic carbocycles. The number of fused-ring (bicyclic) bond motifs is 2. The highest BCUT2D eigenvalue weighted by Crippen LogP contribution is 2.42. The number of esters is 1. The van der Waals surface area contributed by atoms with Crippen LogP contribution in [-0.4, -0.2) is 40.5 Å². The second kappa shape index (κ2) is 9.62. The molecule has 30 heavy (non-hydrogen) atoms. The molecule has 2 aliphatic rings. The van der Waals surface area contributed by atoms with Gasteiger partial charge in [-0.2, -0.15) is 0 Å². The standard InChI is InChI=1S/C23H28N4O2S/c1-3-29-21(28)13-16(2)12-17-6-10-27(11-7-17)15-18-4-5-20-19(14-18)26-22-23(30-20)25-9-8-24-22/h4-5,8-9,13-14,17H,3,6-7,10-12,15H2,1-2H3,(H,24,26). The summed E-state index contributed by atoms with van der Waals surface area (Å²) in [7, 11) is 0. The molecule has 1 fully saturated rings. The molecule has 0 atom stereocenters. The maximum atomic E-state index is 11.6. The first-order valence-corrected chi connectivity index (χ1v) is 11.4. The average Bonchev–Trinajstić information content (AvgIpc) is 2.73. The largest absolute Gasteiger partial charge is 0.463 e. The van der Waals surface area contributed by atoms with Gasteiger partial charge in [0, 0.05) is 29.9 Å². The lowest BCUT2D eigenvalue weighted by molar-refractivity contribution is -0.137. The number of likely N-dealkylation sites (tertiary alicyclic amines) is 1. The van der Waals surface area contributed by atoms with Crippen LogP contribution < -0.4 is 5.32 Å². The Morgan fingerprint density at radius 1 is 1.30 bits per heavy atom. The first kappa shape index (κ1) is 20.9. The lowest BCUT2D eigenvalue weighted by Crippen LogP contribution is -2.33. The number of benzene rings is 1. The van der Waals surface area contributed by atoms with Gasteiger partial charge in [-0.05, 0) is 69.8 Å². The minimum absolute atomic E-state index is 0.222. The van der Waals surface area contributed by atoms with E-state index in [2.05, 4.69) is 38.4 Å². The first-order chi connectivity index (χ1) is 14.6. The number of carbonyl (C=O) groups excluding carboxylic acids is 1. The normalized spacial score (nSPS) is 17.1. The molecule has 4 rings (SSSR count). The fourth-order valence-corrected chi connectivity index (χ4v) is 4.96. The van der Waals surface area contributed by atoms with Crippen LogP contribution in [0.2, 0.25) is 0 Å². The van der Waals surface area contributed by atoms with E-state index in [9.17, 15) is 4.79 Å². The van der Waals surface area contributed by atoms with E-state index in [4.69, 9.17) is 4.74 Å². The Balaban J connectivity index is 1.29. The lowest BCUT2D eigenvalue weighted by Gasteiger charge is -2.32. The van der Waals surface area contributed by atoms with Crippen molar-refractivity contribution in [2.24, 2.45) is 5.92 Å². The second-order valence-electron chi connectivity index (χ2n) is 7.93. The molecule has 158 valence electrons. The smallest absolute Gasteiger partial charge is 0.330 e. The number of ether oxygens (including phenoxy) is 1. The quantitative estimate of drug-likeness (QED) is 0.450. The van der Waals surface area contributed by atoms with Gasteiger partial charge in [0.2, 0.25) is 0 Å². The van der Waals surface area contributed by atoms with Crippen molar-refractivity contribution in [1.29, 1.82) is 0 Å². The molecule has 0 saturated carbocycles. The molecule has 0 amide bonds. The van der Waals surface area contributed by atoms with Crippen LogP contribution in [0.4, 0.5) is 11.5 Å². The number of anilines is 2. The van der Waals surface area contributed by atoms with Crippen molar-refractivity contribution in [1.82, 2.24) is 14.9 Å². The molecule has 3 heterocycles. The van der Waals surface area contributed by atoms with Crippen molar-refractivity contribution in [2.75, 3.05) is 25.0 Å². The molecular weight excluding hydrogens is 396 g/mol. The summed E-state index contributed by atoms with van der Waals surface area (Å²) in [5.74, 6) is 1.25. The summed E-state index contributed by atoms with van der Waals surface area (Å²) < 4.78 is 5.01. The molecule has 2 aliphatic heterocycles. The Morgan fingerprint density at radius 2 is 2.10 bits per heavy atom. The summed E-state index contributed by atoms with van der Waals surface area (Å²) >= 11 is 1.66. The van der Waals surface area contributed by atoms with Gasteiger partial charge in [0.05, 0.1) is 12.3 Å². The minimum atomic E-state index is -0.222. The van der Waals surface area contributed by atoms with Crippen LogP contribution in [0.3, 0.4) is 0 Å². The van der Waals surface area contributed by atoms with E-state index in [0.29, 0.717) is 12.5 Å². The highest BCUT2D eigenvalue weighted by atomic mass is 32.2. The number of nitrogens with zero attached hydrogens (tertiary/aromatic N) is 3. The maximum absolute atomic E-state index is 11.6. The van der Waals surface area contributed by atoms with Gasteiger partial charge in [0.15, 0.2) is 5.82 Å². The Kier molecular flexibility index (Phi) is 6.69. The Hall–Kier alpha value is -2.38. The molecule has 0 radical (unpaired) electrons. The highest BCUT2D eigenvalue weighted by molar-refractivity contribution is 7.99. The van der Waals surface area contributed by atoms with Crippen molar-refractivity contribution in [3.05, 3.63) is 47.8 Å². The van der Waals surface area contributed by atoms with Gasteiger partial charge in [0.25, 0.3) is 0 Å². The monoisotopic (exact) mass is 424 g/mol. The molecule has 1 aromatic heterocycles. The summed E-state index contributed by atoms with van der Waals surface area (Å²) in [5.41, 5.74) is 3.54. The number of hydrogen-bond donors (Lipinski definition) is 1. The van der Waals surface area contributed by atoms with E-state index in [-0.39, 0.29) is 5.97 Å². The molecule has 6 nitrogen and oxygen atoms in total. The summed E-state index contributed by atoms with van der Waals surface area (Å²) in [5, 5.41) is 4.34. The Bertz CT molecular complexity index is 939. The van der Waals surface area contributed by atoms with Gasteiger partial charge in [-0.15, -0.1) is 0 Å². The minimum Gasteiger partial charge on any atom is -0.463 e. The van der Waals surface area contributed by atoms with Gasteiger partial charge in [-0.25, -0.2) is 14.8 Å². The third-order valence-electron chi connectivity index (χ3n) is 5.54. The number of nitrogens with one attached hydrogen (secondary N) is 1. The third kappa shape index (κ3) is 5.21. The lowest BCUT2D eigenvalue weighted by atomic mass is 9.90. The zero-order valence-electron chi connectivity index (χ0n) is 17.6. The summed E-state index contributed by atoms with van der Waals surface area (Å²) in [6, 6.07) is 6.63. The van der Waals surface area contributed by atoms with Crippen LogP contribution in [-0.2, 0) is 16.1 Å². The summed E-state index contributed by atoms with van der Waals surface area (Å²) in [4.78, 5) is 24.1. The first-order valence-electron chi connectivity index (χ1n) is 10.6. The Morgan fingerprint density at radius 3 is 2.90 bits per heavy atom. The molecule has 2 aromatic rings.